The van der Waals surface area contributed by atoms with E-state index in [0.717, 1.165) is 36.8 Å². The number of fused-ring (bicyclic) bond motifs is 1. The van der Waals surface area contributed by atoms with Crippen molar-refractivity contribution in [3.8, 4) is 0 Å². The second-order valence-electron chi connectivity index (χ2n) is 5.89. The lowest BCUT2D eigenvalue weighted by molar-refractivity contribution is 0.510. The lowest BCUT2D eigenvalue weighted by Gasteiger charge is -2.18. The topological polar surface area (TPSA) is 46.0 Å². The number of hydrogen-bond acceptors (Lipinski definition) is 4. The molecule has 0 saturated heterocycles. The molecule has 1 aliphatic rings. The lowest BCUT2D eigenvalue weighted by Crippen LogP contribution is -2.15. The van der Waals surface area contributed by atoms with E-state index in [4.69, 9.17) is 0 Å². The highest BCUT2D eigenvalue weighted by molar-refractivity contribution is 5.61. The van der Waals surface area contributed by atoms with Crippen LogP contribution in [0, 0.1) is 6.92 Å². The van der Waals surface area contributed by atoms with E-state index in [1.54, 1.807) is 0 Å². The molecular weight excluding hydrogens is 262 g/mol. The van der Waals surface area contributed by atoms with Gasteiger partial charge in [0.2, 0.25) is 0 Å². The molecule has 2 aromatic rings. The Morgan fingerprint density at radius 3 is 2.90 bits per heavy atom. The molecule has 0 fully saturated rings. The third kappa shape index (κ3) is 2.86. The SMILES string of the molecule is Cc1ccc(NCc2nnc3n2CCCC3)cc1N(C)C. The van der Waals surface area contributed by atoms with E-state index in [9.17, 15) is 0 Å². The summed E-state index contributed by atoms with van der Waals surface area (Å²) in [7, 11) is 4.14. The fraction of sp³-hybridized carbons (Fsp3) is 0.500. The van der Waals surface area contributed by atoms with Crippen LogP contribution in [0.25, 0.3) is 0 Å². The van der Waals surface area contributed by atoms with Crippen molar-refractivity contribution < 1.29 is 0 Å². The van der Waals surface area contributed by atoms with Gasteiger partial charge in [-0.1, -0.05) is 6.07 Å². The number of aromatic nitrogens is 3. The normalized spacial score (nSPS) is 13.9. The highest BCUT2D eigenvalue weighted by Gasteiger charge is 2.15. The summed E-state index contributed by atoms with van der Waals surface area (Å²) in [5.41, 5.74) is 3.64. The fourth-order valence-electron chi connectivity index (χ4n) is 2.88. The van der Waals surface area contributed by atoms with Crippen LogP contribution < -0.4 is 10.2 Å². The van der Waals surface area contributed by atoms with Crippen LogP contribution in [0.5, 0.6) is 0 Å². The maximum atomic E-state index is 4.33. The highest BCUT2D eigenvalue weighted by atomic mass is 15.3. The largest absolute Gasteiger partial charge is 0.378 e. The van der Waals surface area contributed by atoms with Crippen LogP contribution in [0.2, 0.25) is 0 Å². The van der Waals surface area contributed by atoms with E-state index in [2.05, 4.69) is 64.2 Å². The van der Waals surface area contributed by atoms with Crippen molar-refractivity contribution in [3.05, 3.63) is 35.4 Å². The van der Waals surface area contributed by atoms with Crippen molar-refractivity contribution in [2.75, 3.05) is 24.3 Å². The third-order valence-corrected chi connectivity index (χ3v) is 4.08. The van der Waals surface area contributed by atoms with Gasteiger partial charge in [-0.25, -0.2) is 0 Å². The van der Waals surface area contributed by atoms with Gasteiger partial charge in [-0.15, -0.1) is 10.2 Å². The van der Waals surface area contributed by atoms with Gasteiger partial charge in [0.15, 0.2) is 5.82 Å². The minimum absolute atomic E-state index is 0.725. The molecule has 5 heteroatoms. The summed E-state index contributed by atoms with van der Waals surface area (Å²) >= 11 is 0. The van der Waals surface area contributed by atoms with Gasteiger partial charge in [0.25, 0.3) is 0 Å². The summed E-state index contributed by atoms with van der Waals surface area (Å²) < 4.78 is 2.26. The molecule has 1 aromatic carbocycles. The Hall–Kier alpha value is -2.04. The van der Waals surface area contributed by atoms with Gasteiger partial charge in [-0.05, 0) is 37.5 Å². The van der Waals surface area contributed by atoms with E-state index < -0.39 is 0 Å². The summed E-state index contributed by atoms with van der Waals surface area (Å²) in [4.78, 5) is 2.14. The highest BCUT2D eigenvalue weighted by Crippen LogP contribution is 2.23. The molecule has 0 radical (unpaired) electrons. The van der Waals surface area contributed by atoms with E-state index in [1.807, 2.05) is 0 Å². The molecule has 0 saturated carbocycles. The van der Waals surface area contributed by atoms with Gasteiger partial charge in [0.1, 0.15) is 5.82 Å². The summed E-state index contributed by atoms with van der Waals surface area (Å²) in [6, 6.07) is 6.45. The van der Waals surface area contributed by atoms with Crippen LogP contribution in [0.4, 0.5) is 11.4 Å². The average molecular weight is 285 g/mol. The molecule has 0 atom stereocenters. The van der Waals surface area contributed by atoms with E-state index in [0.29, 0.717) is 0 Å². The van der Waals surface area contributed by atoms with Crippen LogP contribution in [0.15, 0.2) is 18.2 Å². The number of anilines is 2. The van der Waals surface area contributed by atoms with Crippen molar-refractivity contribution in [3.63, 3.8) is 0 Å². The minimum atomic E-state index is 0.725. The molecule has 5 nitrogen and oxygen atoms in total. The van der Waals surface area contributed by atoms with E-state index in [1.165, 1.54) is 24.1 Å². The molecule has 3 rings (SSSR count). The van der Waals surface area contributed by atoms with E-state index in [-0.39, 0.29) is 0 Å². The van der Waals surface area contributed by atoms with Gasteiger partial charge in [-0.3, -0.25) is 0 Å². The van der Waals surface area contributed by atoms with Gasteiger partial charge < -0.3 is 14.8 Å². The van der Waals surface area contributed by atoms with Crippen molar-refractivity contribution in [2.24, 2.45) is 0 Å². The van der Waals surface area contributed by atoms with Crippen LogP contribution in [-0.2, 0) is 19.5 Å². The van der Waals surface area contributed by atoms with Crippen molar-refractivity contribution >= 4 is 11.4 Å². The summed E-state index contributed by atoms with van der Waals surface area (Å²) in [5.74, 6) is 2.17. The van der Waals surface area contributed by atoms with Crippen LogP contribution in [0.3, 0.4) is 0 Å². The Kier molecular flexibility index (Phi) is 3.82. The fourth-order valence-corrected chi connectivity index (χ4v) is 2.88. The molecule has 21 heavy (non-hydrogen) atoms. The number of aryl methyl sites for hydroxylation is 2. The Morgan fingerprint density at radius 1 is 1.24 bits per heavy atom. The molecule has 0 spiro atoms. The van der Waals surface area contributed by atoms with Crippen molar-refractivity contribution in [1.29, 1.82) is 0 Å². The maximum absolute atomic E-state index is 4.33. The number of rotatable bonds is 4. The Balaban J connectivity index is 1.73. The van der Waals surface area contributed by atoms with Gasteiger partial charge in [-0.2, -0.15) is 0 Å². The van der Waals surface area contributed by atoms with Crippen LogP contribution in [-0.4, -0.2) is 28.9 Å². The van der Waals surface area contributed by atoms with Crippen molar-refractivity contribution in [2.45, 2.75) is 39.3 Å². The number of benzene rings is 1. The number of hydrogen-bond donors (Lipinski definition) is 1. The zero-order valence-corrected chi connectivity index (χ0v) is 13.1. The number of nitrogens with zero attached hydrogens (tertiary/aromatic N) is 4. The third-order valence-electron chi connectivity index (χ3n) is 4.08. The first-order valence-corrected chi connectivity index (χ1v) is 7.58. The minimum Gasteiger partial charge on any atom is -0.378 e. The first kappa shape index (κ1) is 13.9. The molecule has 0 bridgehead atoms. The molecule has 0 amide bonds. The first-order valence-electron chi connectivity index (χ1n) is 7.58. The second-order valence-corrected chi connectivity index (χ2v) is 5.89. The molecule has 1 aromatic heterocycles. The summed E-state index contributed by atoms with van der Waals surface area (Å²) in [6.45, 7) is 3.91. The standard InChI is InChI=1S/C16H23N5/c1-12-7-8-13(10-14(12)20(2)3)17-11-16-19-18-15-6-4-5-9-21(15)16/h7-8,10,17H,4-6,9,11H2,1-3H3. The van der Waals surface area contributed by atoms with Crippen LogP contribution in [0.1, 0.15) is 30.1 Å². The van der Waals surface area contributed by atoms with E-state index >= 15 is 0 Å². The first-order chi connectivity index (χ1) is 10.1. The Labute approximate surface area is 126 Å². The zero-order chi connectivity index (χ0) is 14.8. The second kappa shape index (κ2) is 5.76. The Morgan fingerprint density at radius 2 is 2.10 bits per heavy atom. The van der Waals surface area contributed by atoms with Gasteiger partial charge in [0.05, 0.1) is 6.54 Å². The molecule has 0 aliphatic carbocycles. The van der Waals surface area contributed by atoms with Crippen LogP contribution >= 0.6 is 0 Å². The predicted octanol–water partition coefficient (Wildman–Crippen LogP) is 2.60. The summed E-state index contributed by atoms with van der Waals surface area (Å²) in [6.07, 6.45) is 3.52. The van der Waals surface area contributed by atoms with Gasteiger partial charge in [0, 0.05) is 38.4 Å². The smallest absolute Gasteiger partial charge is 0.152 e. The maximum Gasteiger partial charge on any atom is 0.152 e. The molecule has 1 N–H and O–H groups in total. The Bertz CT molecular complexity index is 630. The number of nitrogens with one attached hydrogen (secondary N) is 1. The molecule has 0 unspecified atom stereocenters. The lowest BCUT2D eigenvalue weighted by atomic mass is 10.1. The molecule has 112 valence electrons. The molecule has 2 heterocycles. The average Bonchev–Trinajstić information content (AvgIpc) is 2.89. The zero-order valence-electron chi connectivity index (χ0n) is 13.1. The molecule has 1 aliphatic heterocycles. The van der Waals surface area contributed by atoms with Crippen molar-refractivity contribution in [1.82, 2.24) is 14.8 Å². The summed E-state index contributed by atoms with van der Waals surface area (Å²) in [5, 5.41) is 12.1. The monoisotopic (exact) mass is 285 g/mol. The predicted molar refractivity (Wildman–Crippen MR) is 85.8 cm³/mol. The molecular formula is C16H23N5. The quantitative estimate of drug-likeness (QED) is 0.938. The van der Waals surface area contributed by atoms with Gasteiger partial charge >= 0.3 is 0 Å².